The van der Waals surface area contributed by atoms with Crippen molar-refractivity contribution in [3.63, 3.8) is 0 Å². The van der Waals surface area contributed by atoms with Crippen LogP contribution in [0.15, 0.2) is 60.9 Å². The van der Waals surface area contributed by atoms with E-state index in [-0.39, 0.29) is 13.2 Å². The molecule has 0 amide bonds. The first-order chi connectivity index (χ1) is 13.6. The number of carbonyl (C=O) groups excluding carboxylic acids is 1. The summed E-state index contributed by atoms with van der Waals surface area (Å²) in [6.07, 6.45) is 4.35. The lowest BCUT2D eigenvalue weighted by Crippen LogP contribution is -2.18. The molecule has 6 heteroatoms. The Balaban J connectivity index is 1.53. The molecule has 1 heterocycles. The summed E-state index contributed by atoms with van der Waals surface area (Å²) in [4.78, 5) is 15.2. The van der Waals surface area contributed by atoms with Crippen molar-refractivity contribution in [2.75, 3.05) is 20.3 Å². The number of methoxy groups -OCH3 is 1. The van der Waals surface area contributed by atoms with E-state index < -0.39 is 12.1 Å². The van der Waals surface area contributed by atoms with Crippen LogP contribution in [-0.2, 0) is 16.0 Å². The van der Waals surface area contributed by atoms with Gasteiger partial charge in [0.05, 0.1) is 13.2 Å². The van der Waals surface area contributed by atoms with Crippen molar-refractivity contribution in [1.29, 1.82) is 0 Å². The number of aromatic nitrogens is 1. The number of carbonyl (C=O) groups is 1. The molecule has 3 rings (SSSR count). The Morgan fingerprint density at radius 1 is 1.07 bits per heavy atom. The average molecular weight is 381 g/mol. The summed E-state index contributed by atoms with van der Waals surface area (Å²) in [7, 11) is 1.32. The molecule has 0 radical (unpaired) electrons. The summed E-state index contributed by atoms with van der Waals surface area (Å²) >= 11 is 0. The number of benzene rings is 2. The van der Waals surface area contributed by atoms with Crippen LogP contribution in [-0.4, -0.2) is 42.5 Å². The van der Waals surface area contributed by atoms with Crippen LogP contribution >= 0.6 is 0 Å². The van der Waals surface area contributed by atoms with E-state index in [0.29, 0.717) is 17.9 Å². The van der Waals surface area contributed by atoms with Crippen molar-refractivity contribution in [1.82, 2.24) is 4.98 Å². The van der Waals surface area contributed by atoms with Gasteiger partial charge in [-0.05, 0) is 59.5 Å². The Morgan fingerprint density at radius 2 is 1.79 bits per heavy atom. The Hall–Kier alpha value is -3.12. The van der Waals surface area contributed by atoms with Crippen LogP contribution in [0, 0.1) is 0 Å². The number of aliphatic hydroxyl groups is 1. The molecule has 0 fully saturated rings. The molecular weight excluding hydrogens is 358 g/mol. The highest BCUT2D eigenvalue weighted by Crippen LogP contribution is 2.25. The molecular formula is C22H23NO5. The standard InChI is InChI=1S/C22H23NO5/c1-26-22(25)15-28-21-9-6-17-11-20(8-5-18(17)12-21)27-14-19(24)7-4-16-3-2-10-23-13-16/h2-3,5-6,8-13,19,24H,4,7,14-15H2,1H3/t19-/m0/s1. The van der Waals surface area contributed by atoms with Crippen molar-refractivity contribution in [3.05, 3.63) is 66.5 Å². The summed E-state index contributed by atoms with van der Waals surface area (Å²) in [6, 6.07) is 15.1. The average Bonchev–Trinajstić information content (AvgIpc) is 2.75. The molecule has 3 aromatic rings. The highest BCUT2D eigenvalue weighted by atomic mass is 16.6. The van der Waals surface area contributed by atoms with E-state index in [2.05, 4.69) is 9.72 Å². The van der Waals surface area contributed by atoms with Crippen LogP contribution in [0.25, 0.3) is 10.8 Å². The number of pyridine rings is 1. The number of aliphatic hydroxyl groups excluding tert-OH is 1. The fourth-order valence-electron chi connectivity index (χ4n) is 2.74. The molecule has 0 saturated carbocycles. The zero-order valence-corrected chi connectivity index (χ0v) is 15.7. The molecule has 6 nitrogen and oxygen atoms in total. The lowest BCUT2D eigenvalue weighted by atomic mass is 10.1. The van der Waals surface area contributed by atoms with Crippen molar-refractivity contribution in [3.8, 4) is 11.5 Å². The molecule has 0 aliphatic rings. The summed E-state index contributed by atoms with van der Waals surface area (Å²) in [5, 5.41) is 12.1. The normalized spacial score (nSPS) is 11.8. The third kappa shape index (κ3) is 5.69. The molecule has 1 N–H and O–H groups in total. The van der Waals surface area contributed by atoms with E-state index in [1.165, 1.54) is 7.11 Å². The first-order valence-electron chi connectivity index (χ1n) is 9.07. The highest BCUT2D eigenvalue weighted by Gasteiger charge is 2.08. The SMILES string of the molecule is COC(=O)COc1ccc2cc(OC[C@@H](O)CCc3cccnc3)ccc2c1. The molecule has 1 aromatic heterocycles. The Labute approximate surface area is 163 Å². The topological polar surface area (TPSA) is 77.9 Å². The van der Waals surface area contributed by atoms with Gasteiger partial charge in [-0.2, -0.15) is 0 Å². The minimum absolute atomic E-state index is 0.125. The van der Waals surface area contributed by atoms with Gasteiger partial charge in [0.25, 0.3) is 0 Å². The number of esters is 1. The van der Waals surface area contributed by atoms with E-state index in [9.17, 15) is 9.90 Å². The maximum absolute atomic E-state index is 11.2. The van der Waals surface area contributed by atoms with Gasteiger partial charge in [0, 0.05) is 12.4 Å². The maximum Gasteiger partial charge on any atom is 0.343 e. The third-order valence-electron chi connectivity index (χ3n) is 4.30. The first kappa shape index (κ1) is 19.6. The van der Waals surface area contributed by atoms with Gasteiger partial charge in [-0.15, -0.1) is 0 Å². The zero-order valence-electron chi connectivity index (χ0n) is 15.7. The van der Waals surface area contributed by atoms with Gasteiger partial charge in [-0.3, -0.25) is 4.98 Å². The van der Waals surface area contributed by atoms with Gasteiger partial charge in [0.1, 0.15) is 18.1 Å². The molecule has 0 spiro atoms. The van der Waals surface area contributed by atoms with Gasteiger partial charge in [-0.25, -0.2) is 4.79 Å². The second-order valence-electron chi connectivity index (χ2n) is 6.40. The van der Waals surface area contributed by atoms with Gasteiger partial charge in [-0.1, -0.05) is 18.2 Å². The number of ether oxygens (including phenoxy) is 3. The number of nitrogens with zero attached hydrogens (tertiary/aromatic N) is 1. The number of hydrogen-bond donors (Lipinski definition) is 1. The van der Waals surface area contributed by atoms with Crippen LogP contribution in [0.1, 0.15) is 12.0 Å². The molecule has 0 saturated heterocycles. The number of fused-ring (bicyclic) bond motifs is 1. The predicted molar refractivity (Wildman–Crippen MR) is 106 cm³/mol. The number of rotatable bonds is 9. The zero-order chi connectivity index (χ0) is 19.8. The van der Waals surface area contributed by atoms with Crippen LogP contribution < -0.4 is 9.47 Å². The Kier molecular flexibility index (Phi) is 6.81. The Bertz CT molecular complexity index is 913. The predicted octanol–water partition coefficient (Wildman–Crippen LogP) is 3.16. The summed E-state index contributed by atoms with van der Waals surface area (Å²) < 4.78 is 15.7. The van der Waals surface area contributed by atoms with Gasteiger partial charge in [0.2, 0.25) is 0 Å². The molecule has 0 bridgehead atoms. The first-order valence-corrected chi connectivity index (χ1v) is 9.07. The van der Waals surface area contributed by atoms with Crippen molar-refractivity contribution in [2.45, 2.75) is 18.9 Å². The van der Waals surface area contributed by atoms with Gasteiger partial charge < -0.3 is 19.3 Å². The maximum atomic E-state index is 11.2. The van der Waals surface area contributed by atoms with Crippen LogP contribution in [0.4, 0.5) is 0 Å². The van der Waals surface area contributed by atoms with E-state index in [1.54, 1.807) is 18.5 Å². The summed E-state index contributed by atoms with van der Waals surface area (Å²) in [5.74, 6) is 0.861. The third-order valence-corrected chi connectivity index (χ3v) is 4.30. The molecule has 0 unspecified atom stereocenters. The second-order valence-corrected chi connectivity index (χ2v) is 6.40. The highest BCUT2D eigenvalue weighted by molar-refractivity contribution is 5.85. The minimum Gasteiger partial charge on any atom is -0.491 e. The monoisotopic (exact) mass is 381 g/mol. The lowest BCUT2D eigenvalue weighted by Gasteiger charge is -2.13. The van der Waals surface area contributed by atoms with E-state index >= 15 is 0 Å². The molecule has 146 valence electrons. The minimum atomic E-state index is -0.551. The molecule has 2 aromatic carbocycles. The summed E-state index contributed by atoms with van der Waals surface area (Å²) in [6.45, 7) is 0.103. The lowest BCUT2D eigenvalue weighted by molar-refractivity contribution is -0.142. The molecule has 0 aliphatic heterocycles. The molecule has 28 heavy (non-hydrogen) atoms. The Morgan fingerprint density at radius 3 is 2.43 bits per heavy atom. The molecule has 0 aliphatic carbocycles. The van der Waals surface area contributed by atoms with Crippen LogP contribution in [0.2, 0.25) is 0 Å². The van der Waals surface area contributed by atoms with Crippen molar-refractivity contribution < 1.29 is 24.1 Å². The van der Waals surface area contributed by atoms with E-state index in [4.69, 9.17) is 9.47 Å². The van der Waals surface area contributed by atoms with Gasteiger partial charge in [0.15, 0.2) is 6.61 Å². The van der Waals surface area contributed by atoms with Gasteiger partial charge >= 0.3 is 5.97 Å². The number of hydrogen-bond acceptors (Lipinski definition) is 6. The van der Waals surface area contributed by atoms with E-state index in [0.717, 1.165) is 22.8 Å². The fourth-order valence-corrected chi connectivity index (χ4v) is 2.74. The van der Waals surface area contributed by atoms with Crippen LogP contribution in [0.5, 0.6) is 11.5 Å². The second kappa shape index (κ2) is 9.71. The van der Waals surface area contributed by atoms with E-state index in [1.807, 2.05) is 42.5 Å². The van der Waals surface area contributed by atoms with Crippen molar-refractivity contribution in [2.24, 2.45) is 0 Å². The largest absolute Gasteiger partial charge is 0.491 e. The summed E-state index contributed by atoms with van der Waals surface area (Å²) in [5.41, 5.74) is 1.09. The van der Waals surface area contributed by atoms with Crippen LogP contribution in [0.3, 0.4) is 0 Å². The quantitative estimate of drug-likeness (QED) is 0.574. The fraction of sp³-hybridized carbons (Fsp3) is 0.273. The van der Waals surface area contributed by atoms with Crippen molar-refractivity contribution >= 4 is 16.7 Å². The molecule has 1 atom stereocenters. The smallest absolute Gasteiger partial charge is 0.343 e. The number of aryl methyl sites for hydroxylation is 1.